The molecule has 0 aliphatic heterocycles. The van der Waals surface area contributed by atoms with Crippen LogP contribution in [0.4, 0.5) is 0 Å². The van der Waals surface area contributed by atoms with Gasteiger partial charge in [0.05, 0.1) is 0 Å². The molecule has 2 heteroatoms. The van der Waals surface area contributed by atoms with E-state index in [1.807, 2.05) is 30.3 Å². The van der Waals surface area contributed by atoms with E-state index in [9.17, 15) is 4.79 Å². The molecule has 0 saturated carbocycles. The molecule has 0 spiro atoms. The Labute approximate surface area is 84.4 Å². The van der Waals surface area contributed by atoms with E-state index >= 15 is 0 Å². The highest BCUT2D eigenvalue weighted by Crippen LogP contribution is 2.12. The van der Waals surface area contributed by atoms with E-state index < -0.39 is 0 Å². The Morgan fingerprint density at radius 1 is 1.43 bits per heavy atom. The summed E-state index contributed by atoms with van der Waals surface area (Å²) in [7, 11) is 0. The average molecular weight is 189 g/mol. The summed E-state index contributed by atoms with van der Waals surface area (Å²) in [6.07, 6.45) is 2.99. The lowest BCUT2D eigenvalue weighted by Crippen LogP contribution is -2.16. The maximum Gasteiger partial charge on any atom is 0.218 e. The fraction of sp³-hybridized carbons (Fsp3) is 0.250. The van der Waals surface area contributed by atoms with Crippen molar-refractivity contribution >= 4 is 5.91 Å². The lowest BCUT2D eigenvalue weighted by molar-refractivity contribution is -0.118. The Bertz CT molecular complexity index is 305. The number of allylic oxidation sites excluding steroid dienone is 1. The standard InChI is InChI=1S/C12H15NO/c1-2-10(9-12(13)14)8-11-6-4-3-5-7-11/h2-7,10H,1,8-9H2,(H2,13,14). The molecule has 14 heavy (non-hydrogen) atoms. The zero-order chi connectivity index (χ0) is 10.4. The zero-order valence-electron chi connectivity index (χ0n) is 8.15. The lowest BCUT2D eigenvalue weighted by atomic mass is 9.96. The van der Waals surface area contributed by atoms with Gasteiger partial charge in [0, 0.05) is 6.42 Å². The van der Waals surface area contributed by atoms with Crippen LogP contribution < -0.4 is 5.73 Å². The molecule has 1 rings (SSSR count). The molecule has 0 saturated heterocycles. The number of hydrogen-bond acceptors (Lipinski definition) is 1. The second-order valence-corrected chi connectivity index (χ2v) is 3.36. The first-order valence-corrected chi connectivity index (χ1v) is 4.67. The van der Waals surface area contributed by atoms with Crippen LogP contribution in [0.5, 0.6) is 0 Å². The van der Waals surface area contributed by atoms with Crippen LogP contribution in [0.2, 0.25) is 0 Å². The third-order valence-electron chi connectivity index (χ3n) is 2.14. The summed E-state index contributed by atoms with van der Waals surface area (Å²) in [5, 5.41) is 0. The molecule has 1 amide bonds. The van der Waals surface area contributed by atoms with Crippen molar-refractivity contribution in [1.82, 2.24) is 0 Å². The van der Waals surface area contributed by atoms with Crippen LogP contribution in [-0.4, -0.2) is 5.91 Å². The predicted molar refractivity (Wildman–Crippen MR) is 57.6 cm³/mol. The van der Waals surface area contributed by atoms with Crippen LogP contribution in [0.15, 0.2) is 43.0 Å². The molecule has 0 heterocycles. The van der Waals surface area contributed by atoms with E-state index in [-0.39, 0.29) is 11.8 Å². The number of amides is 1. The van der Waals surface area contributed by atoms with Crippen molar-refractivity contribution in [3.05, 3.63) is 48.6 Å². The van der Waals surface area contributed by atoms with Gasteiger partial charge in [-0.1, -0.05) is 36.4 Å². The molecular formula is C12H15NO. The topological polar surface area (TPSA) is 43.1 Å². The van der Waals surface area contributed by atoms with Gasteiger partial charge in [0.2, 0.25) is 5.91 Å². The average Bonchev–Trinajstić information content (AvgIpc) is 2.17. The van der Waals surface area contributed by atoms with E-state index in [0.29, 0.717) is 6.42 Å². The Morgan fingerprint density at radius 2 is 2.07 bits per heavy atom. The molecule has 0 fully saturated rings. The molecule has 2 nitrogen and oxygen atoms in total. The summed E-state index contributed by atoms with van der Waals surface area (Å²) >= 11 is 0. The first-order chi connectivity index (χ1) is 6.72. The summed E-state index contributed by atoms with van der Waals surface area (Å²) in [6.45, 7) is 3.70. The number of carbonyl (C=O) groups is 1. The molecule has 0 aliphatic carbocycles. The van der Waals surface area contributed by atoms with Crippen LogP contribution in [0.1, 0.15) is 12.0 Å². The number of primary amides is 1. The summed E-state index contributed by atoms with van der Waals surface area (Å²) in [4.78, 5) is 10.7. The number of carbonyl (C=O) groups excluding carboxylic acids is 1. The predicted octanol–water partition coefficient (Wildman–Crippen LogP) is 1.91. The van der Waals surface area contributed by atoms with Crippen molar-refractivity contribution in [2.24, 2.45) is 11.7 Å². The minimum absolute atomic E-state index is 0.148. The van der Waals surface area contributed by atoms with Crippen LogP contribution in [-0.2, 0) is 11.2 Å². The van der Waals surface area contributed by atoms with Gasteiger partial charge in [0.25, 0.3) is 0 Å². The highest BCUT2D eigenvalue weighted by molar-refractivity contribution is 5.74. The SMILES string of the molecule is C=CC(CC(N)=O)Cc1ccccc1. The van der Waals surface area contributed by atoms with Gasteiger partial charge in [-0.2, -0.15) is 0 Å². The van der Waals surface area contributed by atoms with E-state index in [2.05, 4.69) is 6.58 Å². The summed E-state index contributed by atoms with van der Waals surface area (Å²) in [5.41, 5.74) is 6.34. The molecule has 1 unspecified atom stereocenters. The van der Waals surface area contributed by atoms with Crippen LogP contribution in [0.3, 0.4) is 0 Å². The zero-order valence-corrected chi connectivity index (χ0v) is 8.15. The Morgan fingerprint density at radius 3 is 2.57 bits per heavy atom. The highest BCUT2D eigenvalue weighted by Gasteiger charge is 2.08. The van der Waals surface area contributed by atoms with Gasteiger partial charge in [-0.3, -0.25) is 4.79 Å². The normalized spacial score (nSPS) is 12.0. The van der Waals surface area contributed by atoms with E-state index in [0.717, 1.165) is 6.42 Å². The van der Waals surface area contributed by atoms with Gasteiger partial charge in [0.15, 0.2) is 0 Å². The van der Waals surface area contributed by atoms with E-state index in [1.54, 1.807) is 6.08 Å². The molecule has 0 bridgehead atoms. The van der Waals surface area contributed by atoms with Gasteiger partial charge in [-0.15, -0.1) is 6.58 Å². The molecule has 0 aromatic heterocycles. The smallest absolute Gasteiger partial charge is 0.218 e. The monoisotopic (exact) mass is 189 g/mol. The first-order valence-electron chi connectivity index (χ1n) is 4.67. The van der Waals surface area contributed by atoms with Crippen LogP contribution >= 0.6 is 0 Å². The van der Waals surface area contributed by atoms with Crippen LogP contribution in [0.25, 0.3) is 0 Å². The summed E-state index contributed by atoms with van der Waals surface area (Å²) in [6, 6.07) is 10.0. The summed E-state index contributed by atoms with van der Waals surface area (Å²) in [5.74, 6) is -0.124. The fourth-order valence-corrected chi connectivity index (χ4v) is 1.41. The minimum atomic E-state index is -0.272. The number of hydrogen-bond donors (Lipinski definition) is 1. The maximum atomic E-state index is 10.7. The van der Waals surface area contributed by atoms with Crippen molar-refractivity contribution in [1.29, 1.82) is 0 Å². The van der Waals surface area contributed by atoms with E-state index in [1.165, 1.54) is 5.56 Å². The Hall–Kier alpha value is -1.57. The van der Waals surface area contributed by atoms with E-state index in [4.69, 9.17) is 5.73 Å². The molecule has 1 atom stereocenters. The quantitative estimate of drug-likeness (QED) is 0.706. The number of rotatable bonds is 5. The minimum Gasteiger partial charge on any atom is -0.370 e. The fourth-order valence-electron chi connectivity index (χ4n) is 1.41. The van der Waals surface area contributed by atoms with Gasteiger partial charge in [-0.05, 0) is 17.9 Å². The van der Waals surface area contributed by atoms with Gasteiger partial charge in [-0.25, -0.2) is 0 Å². The number of nitrogens with two attached hydrogens (primary N) is 1. The Kier molecular flexibility index (Phi) is 3.92. The van der Waals surface area contributed by atoms with Crippen molar-refractivity contribution < 1.29 is 4.79 Å². The second kappa shape index (κ2) is 5.22. The summed E-state index contributed by atoms with van der Waals surface area (Å²) < 4.78 is 0. The largest absolute Gasteiger partial charge is 0.370 e. The molecule has 1 aromatic carbocycles. The molecule has 74 valence electrons. The molecular weight excluding hydrogens is 174 g/mol. The number of benzene rings is 1. The van der Waals surface area contributed by atoms with Gasteiger partial charge < -0.3 is 5.73 Å². The van der Waals surface area contributed by atoms with Crippen molar-refractivity contribution in [3.63, 3.8) is 0 Å². The van der Waals surface area contributed by atoms with Crippen molar-refractivity contribution in [2.45, 2.75) is 12.8 Å². The van der Waals surface area contributed by atoms with Gasteiger partial charge >= 0.3 is 0 Å². The van der Waals surface area contributed by atoms with Crippen LogP contribution in [0, 0.1) is 5.92 Å². The molecule has 0 radical (unpaired) electrons. The molecule has 2 N–H and O–H groups in total. The molecule has 1 aromatic rings. The highest BCUT2D eigenvalue weighted by atomic mass is 16.1. The van der Waals surface area contributed by atoms with Gasteiger partial charge in [0.1, 0.15) is 0 Å². The molecule has 0 aliphatic rings. The first kappa shape index (κ1) is 10.5. The Balaban J connectivity index is 2.57. The van der Waals surface area contributed by atoms with Crippen molar-refractivity contribution in [3.8, 4) is 0 Å². The second-order valence-electron chi connectivity index (χ2n) is 3.36. The van der Waals surface area contributed by atoms with Crippen molar-refractivity contribution in [2.75, 3.05) is 0 Å². The third-order valence-corrected chi connectivity index (χ3v) is 2.14. The third kappa shape index (κ3) is 3.44. The lowest BCUT2D eigenvalue weighted by Gasteiger charge is -2.09. The maximum absolute atomic E-state index is 10.7.